The summed E-state index contributed by atoms with van der Waals surface area (Å²) in [7, 11) is 0. The largest absolute Gasteiger partial charge is 0.367 e. The fourth-order valence-electron chi connectivity index (χ4n) is 3.42. The Balaban J connectivity index is 1.58. The number of nitrogens with zero attached hydrogens (tertiary/aromatic N) is 3. The molecule has 0 bridgehead atoms. The van der Waals surface area contributed by atoms with Crippen LogP contribution in [-0.2, 0) is 6.54 Å². The molecule has 0 amide bonds. The van der Waals surface area contributed by atoms with E-state index in [-0.39, 0.29) is 0 Å². The van der Waals surface area contributed by atoms with Gasteiger partial charge >= 0.3 is 0 Å². The summed E-state index contributed by atoms with van der Waals surface area (Å²) in [6, 6.07) is 10.9. The van der Waals surface area contributed by atoms with Crippen LogP contribution in [0.1, 0.15) is 30.3 Å². The van der Waals surface area contributed by atoms with Crippen LogP contribution in [0.2, 0.25) is 0 Å². The maximum absolute atomic E-state index is 4.61. The topological polar surface area (TPSA) is 41.1 Å². The predicted molar refractivity (Wildman–Crippen MR) is 94.4 cm³/mol. The summed E-state index contributed by atoms with van der Waals surface area (Å²) in [5.41, 5.74) is 3.50. The predicted octanol–water partition coefficient (Wildman–Crippen LogP) is 3.42. The Morgan fingerprint density at radius 2 is 2.13 bits per heavy atom. The lowest BCUT2D eigenvalue weighted by Gasteiger charge is -2.37. The van der Waals surface area contributed by atoms with E-state index in [0.29, 0.717) is 12.0 Å². The SMILES string of the molecule is Cc1cc(C)nc(NC2CCN(Cc3ccccn3)CC2C)c1. The second kappa shape index (κ2) is 7.09. The van der Waals surface area contributed by atoms with Crippen LogP contribution in [0.25, 0.3) is 0 Å². The third kappa shape index (κ3) is 4.29. The first kappa shape index (κ1) is 15.9. The maximum Gasteiger partial charge on any atom is 0.126 e. The fourth-order valence-corrected chi connectivity index (χ4v) is 3.42. The van der Waals surface area contributed by atoms with Crippen molar-refractivity contribution in [3.05, 3.63) is 53.5 Å². The number of anilines is 1. The highest BCUT2D eigenvalue weighted by Crippen LogP contribution is 2.22. The molecule has 0 spiro atoms. The average Bonchev–Trinajstić information content (AvgIpc) is 2.50. The van der Waals surface area contributed by atoms with Gasteiger partial charge < -0.3 is 5.32 Å². The number of aryl methyl sites for hydroxylation is 2. The van der Waals surface area contributed by atoms with Gasteiger partial charge in [0.25, 0.3) is 0 Å². The molecule has 1 aliphatic heterocycles. The van der Waals surface area contributed by atoms with Crippen LogP contribution < -0.4 is 5.32 Å². The smallest absolute Gasteiger partial charge is 0.126 e. The van der Waals surface area contributed by atoms with Crippen molar-refractivity contribution in [1.29, 1.82) is 0 Å². The van der Waals surface area contributed by atoms with E-state index in [9.17, 15) is 0 Å². The second-order valence-electron chi connectivity index (χ2n) is 6.74. The lowest BCUT2D eigenvalue weighted by atomic mass is 9.93. The Labute approximate surface area is 139 Å². The van der Waals surface area contributed by atoms with Crippen LogP contribution >= 0.6 is 0 Å². The van der Waals surface area contributed by atoms with Crippen LogP contribution in [0.5, 0.6) is 0 Å². The molecule has 4 heteroatoms. The van der Waals surface area contributed by atoms with Gasteiger partial charge in [-0.1, -0.05) is 13.0 Å². The monoisotopic (exact) mass is 310 g/mol. The Kier molecular flexibility index (Phi) is 4.91. The van der Waals surface area contributed by atoms with E-state index in [1.165, 1.54) is 5.56 Å². The number of hydrogen-bond acceptors (Lipinski definition) is 4. The van der Waals surface area contributed by atoms with Gasteiger partial charge in [0, 0.05) is 37.6 Å². The first-order valence-electron chi connectivity index (χ1n) is 8.44. The molecule has 3 rings (SSSR count). The van der Waals surface area contributed by atoms with Crippen LogP contribution in [0.3, 0.4) is 0 Å². The standard InChI is InChI=1S/C19H26N4/c1-14-10-16(3)21-19(11-14)22-18-7-9-23(12-15(18)2)13-17-6-4-5-8-20-17/h4-6,8,10-11,15,18H,7,9,12-13H2,1-3H3,(H,21,22). The summed E-state index contributed by atoms with van der Waals surface area (Å²) in [5.74, 6) is 1.60. The molecule has 2 atom stereocenters. The number of piperidine rings is 1. The van der Waals surface area contributed by atoms with Crippen LogP contribution in [0, 0.1) is 19.8 Å². The Morgan fingerprint density at radius 3 is 2.83 bits per heavy atom. The number of rotatable bonds is 4. The second-order valence-corrected chi connectivity index (χ2v) is 6.74. The molecule has 23 heavy (non-hydrogen) atoms. The molecule has 122 valence electrons. The third-order valence-electron chi connectivity index (χ3n) is 4.53. The van der Waals surface area contributed by atoms with Crippen molar-refractivity contribution in [1.82, 2.24) is 14.9 Å². The molecule has 0 aliphatic carbocycles. The molecule has 1 N–H and O–H groups in total. The molecular weight excluding hydrogens is 284 g/mol. The van der Waals surface area contributed by atoms with Gasteiger partial charge in [0.15, 0.2) is 0 Å². The summed E-state index contributed by atoms with van der Waals surface area (Å²) in [6.07, 6.45) is 3.02. The van der Waals surface area contributed by atoms with Crippen LogP contribution in [-0.4, -0.2) is 34.0 Å². The molecule has 2 aromatic heterocycles. The van der Waals surface area contributed by atoms with Crippen molar-refractivity contribution in [3.8, 4) is 0 Å². The molecule has 0 saturated carbocycles. The van der Waals surface area contributed by atoms with E-state index in [0.717, 1.165) is 43.3 Å². The lowest BCUT2D eigenvalue weighted by Crippen LogP contribution is -2.45. The quantitative estimate of drug-likeness (QED) is 0.939. The molecule has 3 heterocycles. The van der Waals surface area contributed by atoms with Crippen molar-refractivity contribution in [2.75, 3.05) is 18.4 Å². The minimum Gasteiger partial charge on any atom is -0.367 e. The molecule has 1 aliphatic rings. The highest BCUT2D eigenvalue weighted by molar-refractivity contribution is 5.40. The summed E-state index contributed by atoms with van der Waals surface area (Å²) in [4.78, 5) is 11.6. The Morgan fingerprint density at radius 1 is 1.26 bits per heavy atom. The fraction of sp³-hybridized carbons (Fsp3) is 0.474. The number of aromatic nitrogens is 2. The normalized spacial score (nSPS) is 22.0. The summed E-state index contributed by atoms with van der Waals surface area (Å²) >= 11 is 0. The van der Waals surface area contributed by atoms with E-state index in [1.807, 2.05) is 12.3 Å². The Bertz CT molecular complexity index is 621. The van der Waals surface area contributed by atoms with E-state index >= 15 is 0 Å². The number of nitrogens with one attached hydrogen (secondary N) is 1. The first-order valence-corrected chi connectivity index (χ1v) is 8.44. The zero-order valence-corrected chi connectivity index (χ0v) is 14.3. The van der Waals surface area contributed by atoms with Gasteiger partial charge in [0.05, 0.1) is 5.69 Å². The van der Waals surface area contributed by atoms with Gasteiger partial charge in [0.1, 0.15) is 5.82 Å². The van der Waals surface area contributed by atoms with Gasteiger partial charge in [-0.2, -0.15) is 0 Å². The molecule has 1 saturated heterocycles. The molecule has 4 nitrogen and oxygen atoms in total. The van der Waals surface area contributed by atoms with Gasteiger partial charge in [-0.3, -0.25) is 9.88 Å². The third-order valence-corrected chi connectivity index (χ3v) is 4.53. The minimum atomic E-state index is 0.490. The van der Waals surface area contributed by atoms with E-state index in [1.54, 1.807) is 0 Å². The van der Waals surface area contributed by atoms with Gasteiger partial charge in [0.2, 0.25) is 0 Å². The highest BCUT2D eigenvalue weighted by Gasteiger charge is 2.26. The molecule has 1 fully saturated rings. The number of pyridine rings is 2. The zero-order chi connectivity index (χ0) is 16.2. The van der Waals surface area contributed by atoms with E-state index in [4.69, 9.17) is 0 Å². The number of likely N-dealkylation sites (tertiary alicyclic amines) is 1. The number of hydrogen-bond donors (Lipinski definition) is 1. The minimum absolute atomic E-state index is 0.490. The molecule has 2 aromatic rings. The Hall–Kier alpha value is -1.94. The van der Waals surface area contributed by atoms with Gasteiger partial charge in [-0.15, -0.1) is 0 Å². The molecule has 2 unspecified atom stereocenters. The van der Waals surface area contributed by atoms with Crippen LogP contribution in [0.4, 0.5) is 5.82 Å². The average molecular weight is 310 g/mol. The zero-order valence-electron chi connectivity index (χ0n) is 14.3. The maximum atomic E-state index is 4.61. The van der Waals surface area contributed by atoms with Crippen LogP contribution in [0.15, 0.2) is 36.5 Å². The van der Waals surface area contributed by atoms with E-state index in [2.05, 4.69) is 65.2 Å². The van der Waals surface area contributed by atoms with Gasteiger partial charge in [-0.05, 0) is 56.0 Å². The van der Waals surface area contributed by atoms with E-state index < -0.39 is 0 Å². The molecular formula is C19H26N4. The summed E-state index contributed by atoms with van der Waals surface area (Å²) in [6.45, 7) is 9.64. The van der Waals surface area contributed by atoms with Crippen molar-refractivity contribution in [3.63, 3.8) is 0 Å². The van der Waals surface area contributed by atoms with Gasteiger partial charge in [-0.25, -0.2) is 4.98 Å². The van der Waals surface area contributed by atoms with Crippen molar-refractivity contribution in [2.24, 2.45) is 5.92 Å². The summed E-state index contributed by atoms with van der Waals surface area (Å²) in [5, 5.41) is 3.64. The summed E-state index contributed by atoms with van der Waals surface area (Å²) < 4.78 is 0. The first-order chi connectivity index (χ1) is 11.1. The lowest BCUT2D eigenvalue weighted by molar-refractivity contribution is 0.163. The highest BCUT2D eigenvalue weighted by atomic mass is 15.2. The van der Waals surface area contributed by atoms with Crippen molar-refractivity contribution < 1.29 is 0 Å². The van der Waals surface area contributed by atoms with Crippen molar-refractivity contribution in [2.45, 2.75) is 39.8 Å². The van der Waals surface area contributed by atoms with Crippen molar-refractivity contribution >= 4 is 5.82 Å². The molecule has 0 aromatic carbocycles. The molecule has 0 radical (unpaired) electrons.